The van der Waals surface area contributed by atoms with Gasteiger partial charge in [-0.15, -0.1) is 5.10 Å². The van der Waals surface area contributed by atoms with Crippen LogP contribution in [0.1, 0.15) is 19.2 Å². The fraction of sp³-hybridized carbons (Fsp3) is 0.364. The van der Waals surface area contributed by atoms with Gasteiger partial charge < -0.3 is 5.32 Å². The van der Waals surface area contributed by atoms with Gasteiger partial charge in [0, 0.05) is 12.2 Å². The number of aromatic nitrogens is 4. The van der Waals surface area contributed by atoms with E-state index in [1.807, 2.05) is 6.07 Å². The van der Waals surface area contributed by atoms with Crippen molar-refractivity contribution in [3.63, 3.8) is 0 Å². The maximum atomic E-state index is 5.94. The van der Waals surface area contributed by atoms with Crippen LogP contribution in [0, 0.1) is 0 Å². The highest BCUT2D eigenvalue weighted by Crippen LogP contribution is 2.25. The van der Waals surface area contributed by atoms with Crippen molar-refractivity contribution in [2.75, 3.05) is 5.32 Å². The van der Waals surface area contributed by atoms with E-state index >= 15 is 0 Å². The zero-order chi connectivity index (χ0) is 13.0. The molecule has 2 aromatic rings. The number of hydrogen-bond acceptors (Lipinski definition) is 4. The Labute approximate surface area is 115 Å². The van der Waals surface area contributed by atoms with Crippen LogP contribution in [-0.2, 0) is 13.1 Å². The molecule has 0 aliphatic carbocycles. The largest absolute Gasteiger partial charge is 0.378 e. The molecule has 0 amide bonds. The summed E-state index contributed by atoms with van der Waals surface area (Å²) in [6.07, 6.45) is 0.991. The van der Waals surface area contributed by atoms with Crippen molar-refractivity contribution < 1.29 is 0 Å². The lowest BCUT2D eigenvalue weighted by Gasteiger charge is -2.07. The zero-order valence-corrected chi connectivity index (χ0v) is 11.4. The SMILES string of the molecule is CCCn1nnnc1CNc1ccc(Cl)c(Cl)c1. The Morgan fingerprint density at radius 3 is 2.83 bits per heavy atom. The van der Waals surface area contributed by atoms with Gasteiger partial charge in [0.25, 0.3) is 0 Å². The molecule has 0 saturated carbocycles. The van der Waals surface area contributed by atoms with Gasteiger partial charge in [-0.05, 0) is 35.0 Å². The second kappa shape index (κ2) is 6.02. The Morgan fingerprint density at radius 2 is 2.11 bits per heavy atom. The van der Waals surface area contributed by atoms with E-state index in [0.29, 0.717) is 16.6 Å². The number of tetrazole rings is 1. The van der Waals surface area contributed by atoms with Crippen molar-refractivity contribution in [2.45, 2.75) is 26.4 Å². The molecule has 1 aromatic carbocycles. The van der Waals surface area contributed by atoms with Gasteiger partial charge in [-0.25, -0.2) is 4.68 Å². The number of rotatable bonds is 5. The molecule has 0 saturated heterocycles. The molecule has 0 spiro atoms. The van der Waals surface area contributed by atoms with Crippen LogP contribution in [0.2, 0.25) is 10.0 Å². The first-order valence-electron chi connectivity index (χ1n) is 5.64. The first kappa shape index (κ1) is 13.1. The summed E-state index contributed by atoms with van der Waals surface area (Å²) in [5.41, 5.74) is 0.885. The van der Waals surface area contributed by atoms with Crippen LogP contribution >= 0.6 is 23.2 Å². The molecule has 0 radical (unpaired) electrons. The molecular weight excluding hydrogens is 273 g/mol. The average molecular weight is 286 g/mol. The van der Waals surface area contributed by atoms with Crippen molar-refractivity contribution in [3.05, 3.63) is 34.1 Å². The molecule has 96 valence electrons. The fourth-order valence-electron chi connectivity index (χ4n) is 1.52. The normalized spacial score (nSPS) is 10.6. The van der Waals surface area contributed by atoms with Crippen LogP contribution < -0.4 is 5.32 Å². The van der Waals surface area contributed by atoms with Gasteiger partial charge in [0.1, 0.15) is 0 Å². The van der Waals surface area contributed by atoms with E-state index in [9.17, 15) is 0 Å². The van der Waals surface area contributed by atoms with Crippen LogP contribution in [0.4, 0.5) is 5.69 Å². The van der Waals surface area contributed by atoms with Crippen LogP contribution in [0.5, 0.6) is 0 Å². The van der Waals surface area contributed by atoms with E-state index in [-0.39, 0.29) is 0 Å². The summed E-state index contributed by atoms with van der Waals surface area (Å²) in [5.74, 6) is 0.794. The number of nitrogens with one attached hydrogen (secondary N) is 1. The van der Waals surface area contributed by atoms with E-state index in [2.05, 4.69) is 27.8 Å². The van der Waals surface area contributed by atoms with Crippen LogP contribution in [0.3, 0.4) is 0 Å². The quantitative estimate of drug-likeness (QED) is 0.918. The average Bonchev–Trinajstić information content (AvgIpc) is 2.79. The van der Waals surface area contributed by atoms with Gasteiger partial charge in [-0.2, -0.15) is 0 Å². The van der Waals surface area contributed by atoms with E-state index in [1.54, 1.807) is 16.8 Å². The van der Waals surface area contributed by atoms with E-state index in [1.165, 1.54) is 0 Å². The Balaban J connectivity index is 2.02. The molecule has 0 aliphatic rings. The van der Waals surface area contributed by atoms with Crippen molar-refractivity contribution >= 4 is 28.9 Å². The third-order valence-electron chi connectivity index (χ3n) is 2.41. The van der Waals surface area contributed by atoms with Gasteiger partial charge in [0.2, 0.25) is 0 Å². The second-order valence-electron chi connectivity index (χ2n) is 3.80. The number of anilines is 1. The Kier molecular flexibility index (Phi) is 4.38. The molecule has 1 aromatic heterocycles. The van der Waals surface area contributed by atoms with Gasteiger partial charge in [0.15, 0.2) is 5.82 Å². The molecule has 2 rings (SSSR count). The van der Waals surface area contributed by atoms with Crippen molar-refractivity contribution in [1.29, 1.82) is 0 Å². The predicted molar refractivity (Wildman–Crippen MR) is 71.9 cm³/mol. The highest BCUT2D eigenvalue weighted by atomic mass is 35.5. The molecule has 0 unspecified atom stereocenters. The van der Waals surface area contributed by atoms with E-state index < -0.39 is 0 Å². The fourth-order valence-corrected chi connectivity index (χ4v) is 1.82. The standard InChI is InChI=1S/C11H13Cl2N5/c1-2-5-18-11(15-16-17-18)7-14-8-3-4-9(12)10(13)6-8/h3-4,6,14H,2,5,7H2,1H3. The Morgan fingerprint density at radius 1 is 1.28 bits per heavy atom. The maximum absolute atomic E-state index is 5.94. The van der Waals surface area contributed by atoms with Gasteiger partial charge in [-0.3, -0.25) is 0 Å². The van der Waals surface area contributed by atoms with Crippen molar-refractivity contribution in [2.24, 2.45) is 0 Å². The van der Waals surface area contributed by atoms with E-state index in [0.717, 1.165) is 24.5 Å². The van der Waals surface area contributed by atoms with Crippen molar-refractivity contribution in [1.82, 2.24) is 20.2 Å². The maximum Gasteiger partial charge on any atom is 0.170 e. The molecular formula is C11H13Cl2N5. The molecule has 18 heavy (non-hydrogen) atoms. The Hall–Kier alpha value is -1.33. The summed E-state index contributed by atoms with van der Waals surface area (Å²) in [7, 11) is 0. The minimum absolute atomic E-state index is 0.523. The summed E-state index contributed by atoms with van der Waals surface area (Å²) in [6.45, 7) is 3.44. The number of benzene rings is 1. The number of nitrogens with zero attached hydrogens (tertiary/aromatic N) is 4. The predicted octanol–water partition coefficient (Wildman–Crippen LogP) is 3.00. The molecule has 0 aliphatic heterocycles. The monoisotopic (exact) mass is 285 g/mol. The summed E-state index contributed by atoms with van der Waals surface area (Å²) < 4.78 is 1.78. The van der Waals surface area contributed by atoms with Crippen molar-refractivity contribution in [3.8, 4) is 0 Å². The smallest absolute Gasteiger partial charge is 0.170 e. The van der Waals surface area contributed by atoms with Crippen LogP contribution in [0.25, 0.3) is 0 Å². The Bertz CT molecular complexity index is 526. The third kappa shape index (κ3) is 3.11. The molecule has 0 bridgehead atoms. The molecule has 0 fully saturated rings. The van der Waals surface area contributed by atoms with Crippen LogP contribution in [0.15, 0.2) is 18.2 Å². The number of aryl methyl sites for hydroxylation is 1. The van der Waals surface area contributed by atoms with Gasteiger partial charge in [-0.1, -0.05) is 30.1 Å². The molecule has 1 heterocycles. The lowest BCUT2D eigenvalue weighted by molar-refractivity contribution is 0.558. The molecule has 1 N–H and O–H groups in total. The van der Waals surface area contributed by atoms with E-state index in [4.69, 9.17) is 23.2 Å². The topological polar surface area (TPSA) is 55.6 Å². The summed E-state index contributed by atoms with van der Waals surface area (Å²) in [5, 5.41) is 15.8. The van der Waals surface area contributed by atoms with Gasteiger partial charge >= 0.3 is 0 Å². The highest BCUT2D eigenvalue weighted by molar-refractivity contribution is 6.42. The summed E-state index contributed by atoms with van der Waals surface area (Å²) in [4.78, 5) is 0. The minimum Gasteiger partial charge on any atom is -0.378 e. The molecule has 0 atom stereocenters. The highest BCUT2D eigenvalue weighted by Gasteiger charge is 2.05. The minimum atomic E-state index is 0.523. The molecule has 7 heteroatoms. The number of hydrogen-bond donors (Lipinski definition) is 1. The lowest BCUT2D eigenvalue weighted by Crippen LogP contribution is -2.10. The molecule has 5 nitrogen and oxygen atoms in total. The first-order valence-corrected chi connectivity index (χ1v) is 6.40. The number of halogens is 2. The van der Waals surface area contributed by atoms with Gasteiger partial charge in [0.05, 0.1) is 16.6 Å². The second-order valence-corrected chi connectivity index (χ2v) is 4.62. The summed E-state index contributed by atoms with van der Waals surface area (Å²) in [6, 6.07) is 5.39. The van der Waals surface area contributed by atoms with Crippen LogP contribution in [-0.4, -0.2) is 20.2 Å². The zero-order valence-electron chi connectivity index (χ0n) is 9.90. The third-order valence-corrected chi connectivity index (χ3v) is 3.15. The lowest BCUT2D eigenvalue weighted by atomic mass is 10.3. The first-order chi connectivity index (χ1) is 8.70. The summed E-state index contributed by atoms with van der Waals surface area (Å²) >= 11 is 11.8.